The third-order valence-electron chi connectivity index (χ3n) is 3.22. The van der Waals surface area contributed by atoms with Gasteiger partial charge in [0.1, 0.15) is 11.6 Å². The summed E-state index contributed by atoms with van der Waals surface area (Å²) in [6.45, 7) is 7.15. The minimum Gasteiger partial charge on any atom is -0.319 e. The second-order valence-electron chi connectivity index (χ2n) is 6.18. The lowest BCUT2D eigenvalue weighted by Gasteiger charge is -2.18. The van der Waals surface area contributed by atoms with E-state index in [2.05, 4.69) is 36.1 Å². The molecule has 2 rings (SSSR count). The van der Waals surface area contributed by atoms with E-state index in [0.29, 0.717) is 0 Å². The van der Waals surface area contributed by atoms with Crippen molar-refractivity contribution in [1.29, 1.82) is 0 Å². The first-order chi connectivity index (χ1) is 9.90. The van der Waals surface area contributed by atoms with Gasteiger partial charge in [-0.3, -0.25) is 0 Å². The molecule has 1 N–H and O–H groups in total. The Hall–Kier alpha value is -1.81. The summed E-state index contributed by atoms with van der Waals surface area (Å²) in [5.74, 6) is 0.578. The van der Waals surface area contributed by atoms with E-state index < -0.39 is 0 Å². The van der Waals surface area contributed by atoms with Crippen LogP contribution >= 0.6 is 0 Å². The Labute approximate surface area is 125 Å². The molecule has 3 nitrogen and oxygen atoms in total. The van der Waals surface area contributed by atoms with Gasteiger partial charge in [-0.1, -0.05) is 20.8 Å². The summed E-state index contributed by atoms with van der Waals surface area (Å²) in [7, 11) is 1.92. The first-order valence-electron chi connectivity index (χ1n) is 7.19. The Morgan fingerprint density at radius 3 is 2.33 bits per heavy atom. The van der Waals surface area contributed by atoms with Gasteiger partial charge in [-0.25, -0.2) is 14.4 Å². The Kier molecular flexibility index (Phi) is 4.68. The van der Waals surface area contributed by atoms with Gasteiger partial charge < -0.3 is 5.32 Å². The van der Waals surface area contributed by atoms with Crippen molar-refractivity contribution in [3.63, 3.8) is 0 Å². The molecule has 0 unspecified atom stereocenters. The molecule has 0 amide bonds. The normalized spacial score (nSPS) is 11.7. The number of nitrogens with one attached hydrogen (secondary N) is 1. The van der Waals surface area contributed by atoms with Crippen LogP contribution in [0.2, 0.25) is 0 Å². The lowest BCUT2D eigenvalue weighted by molar-refractivity contribution is 0.541. The van der Waals surface area contributed by atoms with E-state index in [4.69, 9.17) is 0 Å². The predicted molar refractivity (Wildman–Crippen MR) is 83.8 cm³/mol. The molecule has 0 aliphatic carbocycles. The Morgan fingerprint density at radius 2 is 1.76 bits per heavy atom. The van der Waals surface area contributed by atoms with E-state index in [9.17, 15) is 4.39 Å². The van der Waals surface area contributed by atoms with Gasteiger partial charge in [0.15, 0.2) is 0 Å². The molecule has 1 heterocycles. The quantitative estimate of drug-likeness (QED) is 0.937. The highest BCUT2D eigenvalue weighted by molar-refractivity contribution is 5.59. The van der Waals surface area contributed by atoms with Crippen molar-refractivity contribution in [2.75, 3.05) is 13.6 Å². The molecule has 0 saturated carbocycles. The van der Waals surface area contributed by atoms with Crippen LogP contribution in [0.4, 0.5) is 4.39 Å². The van der Waals surface area contributed by atoms with E-state index in [1.807, 2.05) is 13.1 Å². The Bertz CT molecular complexity index is 600. The molecular weight excluding hydrogens is 265 g/mol. The van der Waals surface area contributed by atoms with Crippen LogP contribution < -0.4 is 5.32 Å². The van der Waals surface area contributed by atoms with Crippen molar-refractivity contribution in [2.45, 2.75) is 32.6 Å². The Morgan fingerprint density at radius 1 is 1.10 bits per heavy atom. The summed E-state index contributed by atoms with van der Waals surface area (Å²) in [5, 5.41) is 3.13. The standard InChI is InChI=1S/C17H22FN3/c1-17(2,3)16-20-14(9-10-19-4)11-15(21-16)12-5-7-13(18)8-6-12/h5-8,11,19H,9-10H2,1-4H3. The molecule has 0 spiro atoms. The van der Waals surface area contributed by atoms with Crippen LogP contribution in [0.5, 0.6) is 0 Å². The molecule has 1 aromatic heterocycles. The maximum atomic E-state index is 13.1. The van der Waals surface area contributed by atoms with Gasteiger partial charge in [-0.2, -0.15) is 0 Å². The van der Waals surface area contributed by atoms with Crippen LogP contribution in [0.25, 0.3) is 11.3 Å². The molecule has 0 fully saturated rings. The second kappa shape index (κ2) is 6.31. The highest BCUT2D eigenvalue weighted by atomic mass is 19.1. The molecule has 1 aromatic carbocycles. The van der Waals surface area contributed by atoms with Crippen LogP contribution in [-0.2, 0) is 11.8 Å². The lowest BCUT2D eigenvalue weighted by atomic mass is 9.95. The predicted octanol–water partition coefficient (Wildman–Crippen LogP) is 3.34. The zero-order chi connectivity index (χ0) is 15.5. The number of halogens is 1. The van der Waals surface area contributed by atoms with Gasteiger partial charge in [0.2, 0.25) is 0 Å². The zero-order valence-corrected chi connectivity index (χ0v) is 13.1. The minimum atomic E-state index is -0.237. The van der Waals surface area contributed by atoms with Crippen molar-refractivity contribution < 1.29 is 4.39 Å². The minimum absolute atomic E-state index is 0.121. The molecule has 0 atom stereocenters. The monoisotopic (exact) mass is 287 g/mol. The fourth-order valence-corrected chi connectivity index (χ4v) is 1.98. The Balaban J connectivity index is 2.46. The molecule has 0 saturated heterocycles. The van der Waals surface area contributed by atoms with E-state index in [1.54, 1.807) is 12.1 Å². The van der Waals surface area contributed by atoms with Crippen LogP contribution in [0.3, 0.4) is 0 Å². The molecule has 0 bridgehead atoms. The molecule has 0 radical (unpaired) electrons. The summed E-state index contributed by atoms with van der Waals surface area (Å²) in [6, 6.07) is 8.42. The highest BCUT2D eigenvalue weighted by Crippen LogP contribution is 2.24. The number of rotatable bonds is 4. The largest absolute Gasteiger partial charge is 0.319 e. The van der Waals surface area contributed by atoms with E-state index in [1.165, 1.54) is 12.1 Å². The summed E-state index contributed by atoms with van der Waals surface area (Å²) >= 11 is 0. The number of hydrogen-bond acceptors (Lipinski definition) is 3. The molecule has 2 aromatic rings. The number of hydrogen-bond donors (Lipinski definition) is 1. The van der Waals surface area contributed by atoms with Gasteiger partial charge >= 0.3 is 0 Å². The molecular formula is C17H22FN3. The molecule has 0 aliphatic heterocycles. The summed E-state index contributed by atoms with van der Waals surface area (Å²) < 4.78 is 13.1. The topological polar surface area (TPSA) is 37.8 Å². The van der Waals surface area contributed by atoms with Gasteiger partial charge in [0, 0.05) is 29.6 Å². The maximum absolute atomic E-state index is 13.1. The fourth-order valence-electron chi connectivity index (χ4n) is 1.98. The first kappa shape index (κ1) is 15.6. The third-order valence-corrected chi connectivity index (χ3v) is 3.22. The van der Waals surface area contributed by atoms with Gasteiger partial charge in [-0.15, -0.1) is 0 Å². The number of aromatic nitrogens is 2. The number of benzene rings is 1. The molecule has 0 aliphatic rings. The van der Waals surface area contributed by atoms with Crippen molar-refractivity contribution in [3.8, 4) is 11.3 Å². The first-order valence-corrected chi connectivity index (χ1v) is 7.19. The van der Waals surface area contributed by atoms with Crippen molar-refractivity contribution in [3.05, 3.63) is 47.7 Å². The van der Waals surface area contributed by atoms with E-state index >= 15 is 0 Å². The summed E-state index contributed by atoms with van der Waals surface area (Å²) in [4.78, 5) is 9.32. The lowest BCUT2D eigenvalue weighted by Crippen LogP contribution is -2.19. The summed E-state index contributed by atoms with van der Waals surface area (Å²) in [5.41, 5.74) is 2.64. The second-order valence-corrected chi connectivity index (χ2v) is 6.18. The number of nitrogens with zero attached hydrogens (tertiary/aromatic N) is 2. The van der Waals surface area contributed by atoms with Gasteiger partial charge in [-0.05, 0) is 37.4 Å². The van der Waals surface area contributed by atoms with Crippen molar-refractivity contribution in [1.82, 2.24) is 15.3 Å². The smallest absolute Gasteiger partial charge is 0.134 e. The van der Waals surface area contributed by atoms with E-state index in [-0.39, 0.29) is 11.2 Å². The SMILES string of the molecule is CNCCc1cc(-c2ccc(F)cc2)nc(C(C)(C)C)n1. The van der Waals surface area contributed by atoms with Crippen LogP contribution in [0.1, 0.15) is 32.3 Å². The van der Waals surface area contributed by atoms with Gasteiger partial charge in [0.05, 0.1) is 5.69 Å². The third kappa shape index (κ3) is 4.08. The van der Waals surface area contributed by atoms with Crippen LogP contribution in [0.15, 0.2) is 30.3 Å². The van der Waals surface area contributed by atoms with Crippen LogP contribution in [-0.4, -0.2) is 23.6 Å². The van der Waals surface area contributed by atoms with Crippen molar-refractivity contribution >= 4 is 0 Å². The fraction of sp³-hybridized carbons (Fsp3) is 0.412. The molecule has 112 valence electrons. The maximum Gasteiger partial charge on any atom is 0.134 e. The zero-order valence-electron chi connectivity index (χ0n) is 13.1. The molecule has 4 heteroatoms. The number of likely N-dealkylation sites (N-methyl/N-ethyl adjacent to an activating group) is 1. The van der Waals surface area contributed by atoms with E-state index in [0.717, 1.165) is 35.7 Å². The summed E-state index contributed by atoms with van der Waals surface area (Å²) in [6.07, 6.45) is 0.844. The highest BCUT2D eigenvalue weighted by Gasteiger charge is 2.19. The average Bonchev–Trinajstić information content (AvgIpc) is 2.44. The molecule has 21 heavy (non-hydrogen) atoms. The van der Waals surface area contributed by atoms with Crippen LogP contribution in [0, 0.1) is 5.82 Å². The van der Waals surface area contributed by atoms with Gasteiger partial charge in [0.25, 0.3) is 0 Å². The van der Waals surface area contributed by atoms with Crippen molar-refractivity contribution in [2.24, 2.45) is 0 Å². The average molecular weight is 287 g/mol.